The summed E-state index contributed by atoms with van der Waals surface area (Å²) < 4.78 is 5.40. The van der Waals surface area contributed by atoms with Gasteiger partial charge in [0.25, 0.3) is 0 Å². The minimum atomic E-state index is 0.0733. The van der Waals surface area contributed by atoms with E-state index >= 15 is 0 Å². The molecule has 2 amide bonds. The number of rotatable bonds is 6. The van der Waals surface area contributed by atoms with Crippen LogP contribution in [0.2, 0.25) is 0 Å². The molecule has 3 rings (SSSR count). The van der Waals surface area contributed by atoms with Crippen LogP contribution in [0.25, 0.3) is 0 Å². The SMILES string of the molecule is CCC(C)NC(=O)CN1CCN(C(=O)C2CC2c2ccco2)CC1. The van der Waals surface area contributed by atoms with Crippen molar-refractivity contribution < 1.29 is 14.0 Å². The van der Waals surface area contributed by atoms with Crippen molar-refractivity contribution >= 4 is 11.8 Å². The van der Waals surface area contributed by atoms with E-state index in [2.05, 4.69) is 17.1 Å². The summed E-state index contributed by atoms with van der Waals surface area (Å²) in [6, 6.07) is 4.04. The smallest absolute Gasteiger partial charge is 0.234 e. The molecule has 1 aromatic rings. The second-order valence-electron chi connectivity index (χ2n) is 6.94. The van der Waals surface area contributed by atoms with Gasteiger partial charge in [-0.25, -0.2) is 0 Å². The van der Waals surface area contributed by atoms with Crippen molar-refractivity contribution in [1.82, 2.24) is 15.1 Å². The van der Waals surface area contributed by atoms with Gasteiger partial charge in [0, 0.05) is 44.1 Å². The molecule has 2 heterocycles. The number of furan rings is 1. The molecule has 0 bridgehead atoms. The third-order valence-electron chi connectivity index (χ3n) is 5.09. The molecule has 6 nitrogen and oxygen atoms in total. The lowest BCUT2D eigenvalue weighted by atomic mass is 10.2. The van der Waals surface area contributed by atoms with Gasteiger partial charge in [-0.15, -0.1) is 0 Å². The van der Waals surface area contributed by atoms with Crippen LogP contribution in [-0.2, 0) is 9.59 Å². The van der Waals surface area contributed by atoms with E-state index in [0.717, 1.165) is 31.7 Å². The number of amides is 2. The van der Waals surface area contributed by atoms with Gasteiger partial charge in [0.15, 0.2) is 0 Å². The van der Waals surface area contributed by atoms with Crippen molar-refractivity contribution in [2.75, 3.05) is 32.7 Å². The van der Waals surface area contributed by atoms with E-state index in [1.165, 1.54) is 0 Å². The largest absolute Gasteiger partial charge is 0.469 e. The maximum Gasteiger partial charge on any atom is 0.234 e. The van der Waals surface area contributed by atoms with Crippen LogP contribution >= 0.6 is 0 Å². The van der Waals surface area contributed by atoms with E-state index in [0.29, 0.717) is 19.6 Å². The van der Waals surface area contributed by atoms with Crippen molar-refractivity contribution in [3.63, 3.8) is 0 Å². The maximum absolute atomic E-state index is 12.6. The molecule has 0 spiro atoms. The quantitative estimate of drug-likeness (QED) is 0.855. The molecule has 24 heavy (non-hydrogen) atoms. The number of carbonyl (C=O) groups excluding carboxylic acids is 2. The molecule has 2 fully saturated rings. The maximum atomic E-state index is 12.6. The predicted molar refractivity (Wildman–Crippen MR) is 90.5 cm³/mol. The first-order valence-corrected chi connectivity index (χ1v) is 8.92. The van der Waals surface area contributed by atoms with Crippen molar-refractivity contribution in [1.29, 1.82) is 0 Å². The number of nitrogens with one attached hydrogen (secondary N) is 1. The Balaban J connectivity index is 1.41. The summed E-state index contributed by atoms with van der Waals surface area (Å²) in [5.74, 6) is 1.57. The molecule has 3 unspecified atom stereocenters. The van der Waals surface area contributed by atoms with Gasteiger partial charge in [-0.1, -0.05) is 6.92 Å². The Morgan fingerprint density at radius 3 is 2.71 bits per heavy atom. The molecule has 1 N–H and O–H groups in total. The lowest BCUT2D eigenvalue weighted by Crippen LogP contribution is -2.52. The summed E-state index contributed by atoms with van der Waals surface area (Å²) in [5, 5.41) is 2.99. The zero-order chi connectivity index (χ0) is 17.1. The zero-order valence-electron chi connectivity index (χ0n) is 14.5. The second-order valence-corrected chi connectivity index (χ2v) is 6.94. The summed E-state index contributed by atoms with van der Waals surface area (Å²) in [6.07, 6.45) is 3.49. The van der Waals surface area contributed by atoms with Gasteiger partial charge >= 0.3 is 0 Å². The van der Waals surface area contributed by atoms with Crippen LogP contribution in [0, 0.1) is 5.92 Å². The van der Waals surface area contributed by atoms with Gasteiger partial charge in [0.2, 0.25) is 11.8 Å². The highest BCUT2D eigenvalue weighted by Gasteiger charge is 2.47. The highest BCUT2D eigenvalue weighted by molar-refractivity contribution is 5.83. The molecular formula is C18H27N3O3. The fourth-order valence-corrected chi connectivity index (χ4v) is 3.27. The number of hydrogen-bond acceptors (Lipinski definition) is 4. The van der Waals surface area contributed by atoms with E-state index in [4.69, 9.17) is 4.42 Å². The zero-order valence-corrected chi connectivity index (χ0v) is 14.5. The second kappa shape index (κ2) is 7.38. The minimum Gasteiger partial charge on any atom is -0.469 e. The van der Waals surface area contributed by atoms with Gasteiger partial charge in [0.05, 0.1) is 12.8 Å². The summed E-state index contributed by atoms with van der Waals surface area (Å²) in [6.45, 7) is 7.43. The molecule has 2 aliphatic rings. The Morgan fingerprint density at radius 1 is 1.33 bits per heavy atom. The fourth-order valence-electron chi connectivity index (χ4n) is 3.27. The Hall–Kier alpha value is -1.82. The lowest BCUT2D eigenvalue weighted by Gasteiger charge is -2.34. The molecule has 132 valence electrons. The first kappa shape index (κ1) is 17.0. The van der Waals surface area contributed by atoms with Crippen LogP contribution in [0.4, 0.5) is 0 Å². The van der Waals surface area contributed by atoms with E-state index in [1.54, 1.807) is 6.26 Å². The molecule has 0 aromatic carbocycles. The number of hydrogen-bond donors (Lipinski definition) is 1. The monoisotopic (exact) mass is 333 g/mol. The molecule has 1 aliphatic carbocycles. The van der Waals surface area contributed by atoms with Gasteiger partial charge in [-0.05, 0) is 31.9 Å². The Labute approximate surface area is 143 Å². The number of carbonyl (C=O) groups is 2. The highest BCUT2D eigenvalue weighted by Crippen LogP contribution is 2.48. The average molecular weight is 333 g/mol. The van der Waals surface area contributed by atoms with Crippen molar-refractivity contribution in [2.45, 2.75) is 38.6 Å². The van der Waals surface area contributed by atoms with E-state index in [1.807, 2.05) is 24.0 Å². The van der Waals surface area contributed by atoms with E-state index in [9.17, 15) is 9.59 Å². The molecule has 1 saturated carbocycles. The van der Waals surface area contributed by atoms with Crippen LogP contribution in [0.1, 0.15) is 38.4 Å². The average Bonchev–Trinajstić information content (AvgIpc) is 3.19. The molecular weight excluding hydrogens is 306 g/mol. The molecule has 1 saturated heterocycles. The lowest BCUT2D eigenvalue weighted by molar-refractivity contribution is -0.134. The van der Waals surface area contributed by atoms with Gasteiger partial charge in [0.1, 0.15) is 5.76 Å². The summed E-state index contributed by atoms with van der Waals surface area (Å²) in [7, 11) is 0. The third-order valence-corrected chi connectivity index (χ3v) is 5.09. The molecule has 1 aliphatic heterocycles. The molecule has 3 atom stereocenters. The molecule has 0 radical (unpaired) electrons. The summed E-state index contributed by atoms with van der Waals surface area (Å²) in [5.41, 5.74) is 0. The van der Waals surface area contributed by atoms with Crippen LogP contribution < -0.4 is 5.32 Å². The summed E-state index contributed by atoms with van der Waals surface area (Å²) in [4.78, 5) is 28.6. The van der Waals surface area contributed by atoms with Crippen LogP contribution in [0.15, 0.2) is 22.8 Å². The van der Waals surface area contributed by atoms with Gasteiger partial charge in [-0.3, -0.25) is 14.5 Å². The van der Waals surface area contributed by atoms with Crippen molar-refractivity contribution in [3.05, 3.63) is 24.2 Å². The topological polar surface area (TPSA) is 65.8 Å². The van der Waals surface area contributed by atoms with Crippen LogP contribution in [0.5, 0.6) is 0 Å². The van der Waals surface area contributed by atoms with E-state index in [-0.39, 0.29) is 29.7 Å². The Kier molecular flexibility index (Phi) is 5.23. The molecule has 1 aromatic heterocycles. The number of piperazine rings is 1. The normalized spacial score (nSPS) is 25.3. The van der Waals surface area contributed by atoms with Gasteiger partial charge in [-0.2, -0.15) is 0 Å². The fraction of sp³-hybridized carbons (Fsp3) is 0.667. The Morgan fingerprint density at radius 2 is 2.08 bits per heavy atom. The van der Waals surface area contributed by atoms with Crippen LogP contribution in [0.3, 0.4) is 0 Å². The van der Waals surface area contributed by atoms with Crippen molar-refractivity contribution in [2.24, 2.45) is 5.92 Å². The van der Waals surface area contributed by atoms with E-state index < -0.39 is 0 Å². The first-order valence-electron chi connectivity index (χ1n) is 8.92. The predicted octanol–water partition coefficient (Wildman–Crippen LogP) is 1.44. The highest BCUT2D eigenvalue weighted by atomic mass is 16.3. The molecule has 6 heteroatoms. The standard InChI is InChI=1S/C18H27N3O3/c1-3-13(2)19-17(22)12-20-6-8-21(9-7-20)18(23)15-11-14(15)16-5-4-10-24-16/h4-5,10,13-15H,3,6-9,11-12H2,1-2H3,(H,19,22). The third kappa shape index (κ3) is 3.98. The first-order chi connectivity index (χ1) is 11.6. The van der Waals surface area contributed by atoms with Crippen LogP contribution in [-0.4, -0.2) is 60.4 Å². The number of nitrogens with zero attached hydrogens (tertiary/aromatic N) is 2. The summed E-state index contributed by atoms with van der Waals surface area (Å²) >= 11 is 0. The Bertz CT molecular complexity index is 564. The minimum absolute atomic E-state index is 0.0733. The van der Waals surface area contributed by atoms with Crippen molar-refractivity contribution in [3.8, 4) is 0 Å². The van der Waals surface area contributed by atoms with Gasteiger partial charge < -0.3 is 14.6 Å².